The second kappa shape index (κ2) is 6.54. The van der Waals surface area contributed by atoms with E-state index >= 15 is 0 Å². The molecule has 0 radical (unpaired) electrons. The Morgan fingerprint density at radius 2 is 1.95 bits per heavy atom. The van der Waals surface area contributed by atoms with Gasteiger partial charge in [-0.05, 0) is 30.9 Å². The first-order valence-corrected chi connectivity index (χ1v) is 9.30. The second-order valence-electron chi connectivity index (χ2n) is 5.25. The van der Waals surface area contributed by atoms with Crippen molar-refractivity contribution in [2.75, 3.05) is 0 Å². The van der Waals surface area contributed by atoms with Gasteiger partial charge in [0.25, 0.3) is 5.89 Å². The van der Waals surface area contributed by atoms with Crippen molar-refractivity contribution in [2.24, 2.45) is 0 Å². The third-order valence-electron chi connectivity index (χ3n) is 3.14. The first-order valence-electron chi connectivity index (χ1n) is 6.87. The van der Waals surface area contributed by atoms with Crippen LogP contribution in [0.3, 0.4) is 0 Å². The van der Waals surface area contributed by atoms with E-state index in [0.717, 1.165) is 11.1 Å². The minimum absolute atomic E-state index is 0.306. The lowest BCUT2D eigenvalue weighted by molar-refractivity contribution is 0.425. The van der Waals surface area contributed by atoms with Crippen molar-refractivity contribution in [2.45, 2.75) is 25.4 Å². The summed E-state index contributed by atoms with van der Waals surface area (Å²) in [5, 5.41) is 7.82. The molecule has 0 N–H and O–H groups in total. The van der Waals surface area contributed by atoms with Crippen molar-refractivity contribution in [3.05, 3.63) is 57.5 Å². The quantitative estimate of drug-likeness (QED) is 0.712. The minimum Gasteiger partial charge on any atom is -0.334 e. The van der Waals surface area contributed by atoms with Crippen molar-refractivity contribution < 1.29 is 8.73 Å². The van der Waals surface area contributed by atoms with E-state index in [-0.39, 0.29) is 0 Å². The molecule has 0 bridgehead atoms. The molecule has 0 aliphatic rings. The molecule has 114 valence electrons. The lowest BCUT2D eigenvalue weighted by Gasteiger charge is -2.04. The number of thiophene rings is 1. The normalized spacial score (nSPS) is 12.5. The monoisotopic (exact) mass is 332 g/mol. The molecule has 1 atom stereocenters. The van der Waals surface area contributed by atoms with Crippen LogP contribution in [0.15, 0.2) is 39.5 Å². The molecule has 22 heavy (non-hydrogen) atoms. The summed E-state index contributed by atoms with van der Waals surface area (Å²) >= 11 is 1.57. The molecule has 0 amide bonds. The molecular formula is C16H16N2O2S2. The van der Waals surface area contributed by atoms with Crippen molar-refractivity contribution in [1.82, 2.24) is 10.1 Å². The summed E-state index contributed by atoms with van der Waals surface area (Å²) < 4.78 is 17.5. The van der Waals surface area contributed by atoms with Crippen LogP contribution in [0.1, 0.15) is 22.5 Å². The van der Waals surface area contributed by atoms with Crippen LogP contribution >= 0.6 is 11.3 Å². The van der Waals surface area contributed by atoms with E-state index in [9.17, 15) is 4.21 Å². The maximum absolute atomic E-state index is 12.3. The number of benzene rings is 1. The number of nitrogens with zero attached hydrogens (tertiary/aromatic N) is 2. The van der Waals surface area contributed by atoms with Crippen LogP contribution in [0.4, 0.5) is 0 Å². The molecule has 0 saturated heterocycles. The van der Waals surface area contributed by atoms with Gasteiger partial charge in [-0.15, -0.1) is 0 Å². The van der Waals surface area contributed by atoms with Gasteiger partial charge in [-0.25, -0.2) is 0 Å². The zero-order chi connectivity index (χ0) is 15.5. The fourth-order valence-corrected chi connectivity index (χ4v) is 4.02. The molecule has 0 aliphatic carbocycles. The molecule has 0 aliphatic heterocycles. The van der Waals surface area contributed by atoms with Crippen molar-refractivity contribution in [3.8, 4) is 11.5 Å². The zero-order valence-corrected chi connectivity index (χ0v) is 14.0. The Kier molecular flexibility index (Phi) is 4.49. The van der Waals surface area contributed by atoms with Crippen LogP contribution in [0, 0.1) is 13.8 Å². The van der Waals surface area contributed by atoms with E-state index < -0.39 is 10.8 Å². The number of rotatable bonds is 5. The highest BCUT2D eigenvalue weighted by atomic mass is 32.2. The predicted molar refractivity (Wildman–Crippen MR) is 89.1 cm³/mol. The summed E-state index contributed by atoms with van der Waals surface area (Å²) in [6.45, 7) is 4.09. The minimum atomic E-state index is -1.05. The van der Waals surface area contributed by atoms with E-state index in [0.29, 0.717) is 23.2 Å². The Labute approximate surface area is 135 Å². The molecule has 6 heteroatoms. The average Bonchev–Trinajstić information content (AvgIpc) is 3.07. The Bertz CT molecular complexity index is 774. The van der Waals surface area contributed by atoms with Crippen LogP contribution in [-0.4, -0.2) is 14.3 Å². The predicted octanol–water partition coefficient (Wildman–Crippen LogP) is 3.86. The Balaban J connectivity index is 1.67. The van der Waals surface area contributed by atoms with Crippen LogP contribution in [-0.2, 0) is 22.3 Å². The molecule has 2 heterocycles. The van der Waals surface area contributed by atoms with Crippen LogP contribution in [0.2, 0.25) is 0 Å². The first kappa shape index (κ1) is 15.1. The van der Waals surface area contributed by atoms with Crippen molar-refractivity contribution >= 4 is 22.1 Å². The van der Waals surface area contributed by atoms with E-state index in [1.165, 1.54) is 11.1 Å². The first-order chi connectivity index (χ1) is 10.6. The van der Waals surface area contributed by atoms with E-state index in [1.807, 2.05) is 30.7 Å². The maximum Gasteiger partial charge on any atom is 0.258 e. The fourth-order valence-electron chi connectivity index (χ4n) is 2.35. The molecule has 0 saturated carbocycles. The van der Waals surface area contributed by atoms with Gasteiger partial charge < -0.3 is 4.52 Å². The highest BCUT2D eigenvalue weighted by Crippen LogP contribution is 2.20. The van der Waals surface area contributed by atoms with E-state index in [2.05, 4.69) is 28.3 Å². The van der Waals surface area contributed by atoms with Crippen LogP contribution in [0.5, 0.6) is 0 Å². The number of aryl methyl sites for hydroxylation is 2. The van der Waals surface area contributed by atoms with Gasteiger partial charge in [-0.2, -0.15) is 16.3 Å². The van der Waals surface area contributed by atoms with E-state index in [4.69, 9.17) is 4.52 Å². The Morgan fingerprint density at radius 1 is 1.18 bits per heavy atom. The number of aromatic nitrogens is 2. The van der Waals surface area contributed by atoms with Gasteiger partial charge in [0.2, 0.25) is 0 Å². The highest BCUT2D eigenvalue weighted by Gasteiger charge is 2.12. The van der Waals surface area contributed by atoms with Gasteiger partial charge in [-0.1, -0.05) is 34.5 Å². The SMILES string of the molecule is Cc1cc(C)cc(C[S@@](=O)Cc2noc(-c3ccsc3)n2)c1. The molecule has 4 nitrogen and oxygen atoms in total. The Hall–Kier alpha value is -1.79. The van der Waals surface area contributed by atoms with Gasteiger partial charge in [0.05, 0.1) is 11.3 Å². The van der Waals surface area contributed by atoms with Gasteiger partial charge in [0.15, 0.2) is 5.82 Å². The summed E-state index contributed by atoms with van der Waals surface area (Å²) in [7, 11) is -1.05. The zero-order valence-electron chi connectivity index (χ0n) is 12.4. The molecule has 0 spiro atoms. The van der Waals surface area contributed by atoms with E-state index in [1.54, 1.807) is 11.3 Å². The number of hydrogen-bond acceptors (Lipinski definition) is 5. The lowest BCUT2D eigenvalue weighted by atomic mass is 10.1. The summed E-state index contributed by atoms with van der Waals surface area (Å²) in [5.41, 5.74) is 4.36. The third-order valence-corrected chi connectivity index (χ3v) is 5.05. The van der Waals surface area contributed by atoms with Crippen LogP contribution in [0.25, 0.3) is 11.5 Å². The fraction of sp³-hybridized carbons (Fsp3) is 0.250. The molecule has 2 aromatic heterocycles. The summed E-state index contributed by atoms with van der Waals surface area (Å²) in [4.78, 5) is 4.31. The molecule has 3 aromatic rings. The number of hydrogen-bond donors (Lipinski definition) is 0. The maximum atomic E-state index is 12.3. The Morgan fingerprint density at radius 3 is 2.64 bits per heavy atom. The molecule has 1 aromatic carbocycles. The summed E-state index contributed by atoms with van der Waals surface area (Å²) in [6, 6.07) is 8.17. The second-order valence-corrected chi connectivity index (χ2v) is 7.49. The molecule has 0 fully saturated rings. The van der Waals surface area contributed by atoms with Gasteiger partial charge in [-0.3, -0.25) is 4.21 Å². The average molecular weight is 332 g/mol. The lowest BCUT2D eigenvalue weighted by Crippen LogP contribution is -2.01. The van der Waals surface area contributed by atoms with Crippen molar-refractivity contribution in [3.63, 3.8) is 0 Å². The third kappa shape index (κ3) is 3.69. The van der Waals surface area contributed by atoms with Gasteiger partial charge >= 0.3 is 0 Å². The topological polar surface area (TPSA) is 56.0 Å². The van der Waals surface area contributed by atoms with Gasteiger partial charge in [0.1, 0.15) is 0 Å². The highest BCUT2D eigenvalue weighted by molar-refractivity contribution is 7.83. The van der Waals surface area contributed by atoms with Crippen LogP contribution < -0.4 is 0 Å². The summed E-state index contributed by atoms with van der Waals surface area (Å²) in [6.07, 6.45) is 0. The molecule has 0 unspecified atom stereocenters. The molecular weight excluding hydrogens is 316 g/mol. The standard InChI is InChI=1S/C16H16N2O2S2/c1-11-5-12(2)7-13(6-11)9-22(19)10-15-17-16(20-18-15)14-3-4-21-8-14/h3-8H,9-10H2,1-2H3/t22-/m1/s1. The van der Waals surface area contributed by atoms with Crippen molar-refractivity contribution in [1.29, 1.82) is 0 Å². The smallest absolute Gasteiger partial charge is 0.258 e. The molecule has 3 rings (SSSR count). The largest absolute Gasteiger partial charge is 0.334 e. The van der Waals surface area contributed by atoms with Gasteiger partial charge in [0, 0.05) is 21.9 Å². The summed E-state index contributed by atoms with van der Waals surface area (Å²) in [5.74, 6) is 1.79.